The number of nitrogens with one attached hydrogen (secondary N) is 1. The second-order valence-corrected chi connectivity index (χ2v) is 7.15. The first-order valence-electron chi connectivity index (χ1n) is 9.22. The summed E-state index contributed by atoms with van der Waals surface area (Å²) in [5.74, 6) is 0.574. The molecular formula is C21H22FN3O2. The van der Waals surface area contributed by atoms with E-state index in [9.17, 15) is 9.18 Å². The molecule has 2 heterocycles. The molecule has 2 aromatic carbocycles. The molecule has 1 aliphatic rings. The number of H-pyrrole nitrogens is 1. The van der Waals surface area contributed by atoms with Crippen LogP contribution in [-0.2, 0) is 0 Å². The van der Waals surface area contributed by atoms with E-state index in [0.29, 0.717) is 24.6 Å². The van der Waals surface area contributed by atoms with E-state index in [2.05, 4.69) is 10.2 Å². The van der Waals surface area contributed by atoms with Crippen molar-refractivity contribution in [2.24, 2.45) is 5.92 Å². The normalized spacial score (nSPS) is 17.3. The van der Waals surface area contributed by atoms with Crippen LogP contribution >= 0.6 is 0 Å². The number of nitrogens with zero attached hydrogens (tertiary/aromatic N) is 2. The molecule has 0 aliphatic carbocycles. The van der Waals surface area contributed by atoms with Crippen molar-refractivity contribution in [3.05, 3.63) is 59.5 Å². The molecule has 0 bridgehead atoms. The van der Waals surface area contributed by atoms with Crippen LogP contribution in [-0.4, -0.2) is 40.7 Å². The number of aryl methyl sites for hydroxylation is 1. The van der Waals surface area contributed by atoms with Gasteiger partial charge in [0, 0.05) is 24.4 Å². The molecule has 1 amide bonds. The molecule has 27 heavy (non-hydrogen) atoms. The number of aromatic amines is 1. The number of ether oxygens (including phenoxy) is 1. The summed E-state index contributed by atoms with van der Waals surface area (Å²) in [5, 5.41) is 8.07. The molecule has 0 spiro atoms. The number of carbonyl (C=O) groups is 1. The summed E-state index contributed by atoms with van der Waals surface area (Å²) in [4.78, 5) is 14.9. The van der Waals surface area contributed by atoms with Gasteiger partial charge in [-0.1, -0.05) is 11.6 Å². The van der Waals surface area contributed by atoms with Crippen LogP contribution in [0.25, 0.3) is 10.9 Å². The van der Waals surface area contributed by atoms with Crippen LogP contribution in [0.5, 0.6) is 5.75 Å². The number of benzene rings is 2. The highest BCUT2D eigenvalue weighted by atomic mass is 19.1. The van der Waals surface area contributed by atoms with E-state index in [1.807, 2.05) is 30.0 Å². The predicted octanol–water partition coefficient (Wildman–Crippen LogP) is 3.94. The Morgan fingerprint density at radius 2 is 2.11 bits per heavy atom. The summed E-state index contributed by atoms with van der Waals surface area (Å²) in [6.45, 7) is 3.88. The van der Waals surface area contributed by atoms with Gasteiger partial charge in [-0.3, -0.25) is 9.89 Å². The standard InChI is InChI=1S/C21H22FN3O2/c1-14-4-9-19-18(11-14)20(24-23-19)21(26)25-10-2-3-15(12-25)13-27-17-7-5-16(22)6-8-17/h4-9,11,15H,2-3,10,12-13H2,1H3,(H,23,24). The Morgan fingerprint density at radius 3 is 2.93 bits per heavy atom. The van der Waals surface area contributed by atoms with Crippen molar-refractivity contribution in [2.75, 3.05) is 19.7 Å². The van der Waals surface area contributed by atoms with Crippen LogP contribution in [0.15, 0.2) is 42.5 Å². The summed E-state index contributed by atoms with van der Waals surface area (Å²) in [5.41, 5.74) is 2.45. The Hall–Kier alpha value is -2.89. The second-order valence-electron chi connectivity index (χ2n) is 7.15. The Bertz CT molecular complexity index is 952. The van der Waals surface area contributed by atoms with Gasteiger partial charge in [0.25, 0.3) is 5.91 Å². The molecule has 5 nitrogen and oxygen atoms in total. The third-order valence-electron chi connectivity index (χ3n) is 5.03. The minimum absolute atomic E-state index is 0.0432. The number of carbonyl (C=O) groups excluding carboxylic acids is 1. The number of hydrogen-bond acceptors (Lipinski definition) is 3. The zero-order valence-corrected chi connectivity index (χ0v) is 15.2. The molecule has 3 aromatic rings. The van der Waals surface area contributed by atoms with Crippen LogP contribution in [0.2, 0.25) is 0 Å². The molecule has 1 aromatic heterocycles. The van der Waals surface area contributed by atoms with Gasteiger partial charge in [-0.05, 0) is 56.2 Å². The highest BCUT2D eigenvalue weighted by molar-refractivity contribution is 6.04. The molecule has 1 fully saturated rings. The lowest BCUT2D eigenvalue weighted by Crippen LogP contribution is -2.41. The molecule has 4 rings (SSSR count). The van der Waals surface area contributed by atoms with Crippen molar-refractivity contribution in [2.45, 2.75) is 19.8 Å². The summed E-state index contributed by atoms with van der Waals surface area (Å²) in [7, 11) is 0. The van der Waals surface area contributed by atoms with Gasteiger partial charge in [-0.2, -0.15) is 5.10 Å². The van der Waals surface area contributed by atoms with Gasteiger partial charge >= 0.3 is 0 Å². The summed E-state index contributed by atoms with van der Waals surface area (Å²) < 4.78 is 18.8. The lowest BCUT2D eigenvalue weighted by molar-refractivity contribution is 0.0629. The number of fused-ring (bicyclic) bond motifs is 1. The Balaban J connectivity index is 1.43. The van der Waals surface area contributed by atoms with Crippen molar-refractivity contribution in [3.63, 3.8) is 0 Å². The van der Waals surface area contributed by atoms with Crippen LogP contribution in [0.4, 0.5) is 4.39 Å². The molecule has 1 N–H and O–H groups in total. The number of halogens is 1. The van der Waals surface area contributed by atoms with E-state index in [0.717, 1.165) is 35.9 Å². The van der Waals surface area contributed by atoms with Gasteiger partial charge in [0.2, 0.25) is 0 Å². The summed E-state index contributed by atoms with van der Waals surface area (Å²) in [6.07, 6.45) is 1.94. The SMILES string of the molecule is Cc1ccc2[nH]nc(C(=O)N3CCCC(COc4ccc(F)cc4)C3)c2c1. The minimum atomic E-state index is -0.279. The zero-order chi connectivity index (χ0) is 18.8. The largest absolute Gasteiger partial charge is 0.493 e. The van der Waals surface area contributed by atoms with Crippen LogP contribution in [0, 0.1) is 18.7 Å². The zero-order valence-electron chi connectivity index (χ0n) is 15.2. The maximum absolute atomic E-state index is 13.0. The van der Waals surface area contributed by atoms with Gasteiger partial charge in [0.15, 0.2) is 5.69 Å². The number of piperidine rings is 1. The number of likely N-dealkylation sites (tertiary alicyclic amines) is 1. The first-order chi connectivity index (χ1) is 13.1. The lowest BCUT2D eigenvalue weighted by atomic mass is 9.98. The second kappa shape index (κ2) is 7.39. The van der Waals surface area contributed by atoms with Gasteiger partial charge in [0.05, 0.1) is 12.1 Å². The van der Waals surface area contributed by atoms with Gasteiger partial charge < -0.3 is 9.64 Å². The van der Waals surface area contributed by atoms with Gasteiger partial charge in [-0.25, -0.2) is 4.39 Å². The summed E-state index contributed by atoms with van der Waals surface area (Å²) in [6, 6.07) is 12.0. The topological polar surface area (TPSA) is 58.2 Å². The lowest BCUT2D eigenvalue weighted by Gasteiger charge is -2.32. The maximum Gasteiger partial charge on any atom is 0.275 e. The monoisotopic (exact) mass is 367 g/mol. The van der Waals surface area contributed by atoms with E-state index in [4.69, 9.17) is 4.74 Å². The number of amides is 1. The van der Waals surface area contributed by atoms with E-state index >= 15 is 0 Å². The molecule has 1 saturated heterocycles. The molecule has 0 saturated carbocycles. The molecular weight excluding hydrogens is 345 g/mol. The van der Waals surface area contributed by atoms with Gasteiger partial charge in [0.1, 0.15) is 11.6 Å². The molecule has 1 aliphatic heterocycles. The van der Waals surface area contributed by atoms with Crippen LogP contribution in [0.1, 0.15) is 28.9 Å². The quantitative estimate of drug-likeness (QED) is 0.760. The third-order valence-corrected chi connectivity index (χ3v) is 5.03. The van der Waals surface area contributed by atoms with Crippen molar-refractivity contribution in [3.8, 4) is 5.75 Å². The van der Waals surface area contributed by atoms with E-state index in [1.54, 1.807) is 12.1 Å². The third kappa shape index (κ3) is 3.79. The fourth-order valence-corrected chi connectivity index (χ4v) is 3.57. The Morgan fingerprint density at radius 1 is 1.30 bits per heavy atom. The fourth-order valence-electron chi connectivity index (χ4n) is 3.57. The highest BCUT2D eigenvalue weighted by Gasteiger charge is 2.27. The Labute approximate surface area is 157 Å². The number of rotatable bonds is 4. The number of hydrogen-bond donors (Lipinski definition) is 1. The molecule has 1 atom stereocenters. The average Bonchev–Trinajstić information content (AvgIpc) is 3.10. The van der Waals surface area contributed by atoms with Crippen LogP contribution < -0.4 is 4.74 Å². The summed E-state index contributed by atoms with van der Waals surface area (Å²) >= 11 is 0. The predicted molar refractivity (Wildman–Crippen MR) is 101 cm³/mol. The molecule has 1 unspecified atom stereocenters. The van der Waals surface area contributed by atoms with Crippen molar-refractivity contribution < 1.29 is 13.9 Å². The first-order valence-corrected chi connectivity index (χ1v) is 9.22. The molecule has 6 heteroatoms. The minimum Gasteiger partial charge on any atom is -0.493 e. The smallest absolute Gasteiger partial charge is 0.275 e. The van der Waals surface area contributed by atoms with Crippen molar-refractivity contribution in [1.82, 2.24) is 15.1 Å². The fraction of sp³-hybridized carbons (Fsp3) is 0.333. The van der Waals surface area contributed by atoms with E-state index in [1.165, 1.54) is 12.1 Å². The van der Waals surface area contributed by atoms with Gasteiger partial charge in [-0.15, -0.1) is 0 Å². The maximum atomic E-state index is 13.0. The number of aromatic nitrogens is 2. The highest BCUT2D eigenvalue weighted by Crippen LogP contribution is 2.23. The average molecular weight is 367 g/mol. The van der Waals surface area contributed by atoms with E-state index < -0.39 is 0 Å². The first kappa shape index (κ1) is 17.5. The van der Waals surface area contributed by atoms with Crippen molar-refractivity contribution in [1.29, 1.82) is 0 Å². The molecule has 0 radical (unpaired) electrons. The van der Waals surface area contributed by atoms with E-state index in [-0.39, 0.29) is 17.6 Å². The molecule has 140 valence electrons. The Kier molecular flexibility index (Phi) is 4.79. The van der Waals surface area contributed by atoms with Crippen molar-refractivity contribution >= 4 is 16.8 Å². The van der Waals surface area contributed by atoms with Crippen LogP contribution in [0.3, 0.4) is 0 Å².